The third kappa shape index (κ3) is 1.79. The average molecular weight is 205 g/mol. The van der Waals surface area contributed by atoms with E-state index < -0.39 is 10.5 Å². The van der Waals surface area contributed by atoms with Gasteiger partial charge in [0.15, 0.2) is 0 Å². The van der Waals surface area contributed by atoms with E-state index in [4.69, 9.17) is 4.74 Å². The van der Waals surface area contributed by atoms with Crippen molar-refractivity contribution in [2.45, 2.75) is 25.9 Å². The van der Waals surface area contributed by atoms with Crippen LogP contribution in [0.2, 0.25) is 0 Å². The monoisotopic (exact) mass is 205 g/mol. The van der Waals surface area contributed by atoms with E-state index in [1.165, 1.54) is 6.07 Å². The van der Waals surface area contributed by atoms with Gasteiger partial charge < -0.3 is 4.74 Å². The van der Waals surface area contributed by atoms with E-state index in [9.17, 15) is 10.1 Å². The highest BCUT2D eigenvalue weighted by Crippen LogP contribution is 2.40. The first-order valence-corrected chi connectivity index (χ1v) is 4.70. The van der Waals surface area contributed by atoms with Gasteiger partial charge in [0, 0.05) is 18.1 Å². The first kappa shape index (κ1) is 9.96. The lowest BCUT2D eigenvalue weighted by Gasteiger charge is -2.31. The normalized spacial score (nSPS) is 17.7. The molecule has 1 aromatic carbocycles. The number of ether oxygens (including phenoxy) is 1. The Morgan fingerprint density at radius 2 is 2.27 bits per heavy atom. The molecule has 78 valence electrons. The third-order valence-electron chi connectivity index (χ3n) is 2.27. The van der Waals surface area contributed by atoms with Gasteiger partial charge in [-0.1, -0.05) is 12.1 Å². The van der Waals surface area contributed by atoms with Gasteiger partial charge >= 0.3 is 5.69 Å². The topological polar surface area (TPSA) is 52.4 Å². The van der Waals surface area contributed by atoms with Crippen LogP contribution in [0.1, 0.15) is 25.8 Å². The van der Waals surface area contributed by atoms with Crippen molar-refractivity contribution < 1.29 is 9.66 Å². The van der Waals surface area contributed by atoms with Gasteiger partial charge in [0.1, 0.15) is 5.60 Å². The average Bonchev–Trinajstić information content (AvgIpc) is 2.15. The Morgan fingerprint density at radius 1 is 1.53 bits per heavy atom. The molecule has 15 heavy (non-hydrogen) atoms. The van der Waals surface area contributed by atoms with Gasteiger partial charge in [-0.25, -0.2) is 0 Å². The van der Waals surface area contributed by atoms with Crippen molar-refractivity contribution in [3.63, 3.8) is 0 Å². The summed E-state index contributed by atoms with van der Waals surface area (Å²) in [6, 6.07) is 4.87. The summed E-state index contributed by atoms with van der Waals surface area (Å²) in [5.41, 5.74) is 0.273. The Balaban J connectivity index is 2.50. The van der Waals surface area contributed by atoms with Crippen molar-refractivity contribution in [3.05, 3.63) is 40.3 Å². The van der Waals surface area contributed by atoms with Crippen LogP contribution in [0.3, 0.4) is 0 Å². The number of nitro benzene ring substituents is 1. The molecule has 0 unspecified atom stereocenters. The minimum atomic E-state index is -0.429. The summed E-state index contributed by atoms with van der Waals surface area (Å²) in [6.07, 6.45) is 3.76. The maximum Gasteiger partial charge on any atom is 0.311 e. The van der Waals surface area contributed by atoms with E-state index in [2.05, 4.69) is 6.42 Å². The van der Waals surface area contributed by atoms with Crippen molar-refractivity contribution >= 4 is 5.69 Å². The lowest BCUT2D eigenvalue weighted by Crippen LogP contribution is -2.32. The van der Waals surface area contributed by atoms with E-state index >= 15 is 0 Å². The summed E-state index contributed by atoms with van der Waals surface area (Å²) in [5.74, 6) is 0.332. The second-order valence-corrected chi connectivity index (χ2v) is 4.13. The molecule has 1 aliphatic heterocycles. The molecule has 0 saturated heterocycles. The lowest BCUT2D eigenvalue weighted by atomic mass is 9.94. The minimum Gasteiger partial charge on any atom is -0.481 e. The highest BCUT2D eigenvalue weighted by Gasteiger charge is 2.32. The van der Waals surface area contributed by atoms with E-state index in [0.717, 1.165) is 0 Å². The van der Waals surface area contributed by atoms with Crippen molar-refractivity contribution in [1.29, 1.82) is 0 Å². The molecule has 0 spiro atoms. The minimum absolute atomic E-state index is 0.00720. The van der Waals surface area contributed by atoms with Crippen molar-refractivity contribution in [2.24, 2.45) is 0 Å². The van der Waals surface area contributed by atoms with E-state index in [0.29, 0.717) is 17.7 Å². The number of fused-ring (bicyclic) bond motifs is 1. The van der Waals surface area contributed by atoms with Crippen LogP contribution in [0.15, 0.2) is 18.2 Å². The molecule has 0 aliphatic carbocycles. The maximum absolute atomic E-state index is 10.8. The molecule has 0 saturated carbocycles. The summed E-state index contributed by atoms with van der Waals surface area (Å²) in [6.45, 7) is 3.78. The van der Waals surface area contributed by atoms with Crippen molar-refractivity contribution in [3.8, 4) is 5.75 Å². The molecule has 0 aromatic heterocycles. The molecule has 0 bridgehead atoms. The molecule has 0 fully saturated rings. The Hall–Kier alpha value is -1.58. The largest absolute Gasteiger partial charge is 0.481 e. The van der Waals surface area contributed by atoms with Gasteiger partial charge in [-0.15, -0.1) is 0 Å². The smallest absolute Gasteiger partial charge is 0.311 e. The molecule has 1 aromatic rings. The van der Waals surface area contributed by atoms with Crippen LogP contribution in [0.4, 0.5) is 5.69 Å². The van der Waals surface area contributed by atoms with Crippen molar-refractivity contribution in [1.82, 2.24) is 0 Å². The zero-order valence-electron chi connectivity index (χ0n) is 8.61. The van der Waals surface area contributed by atoms with Crippen LogP contribution in [0, 0.1) is 16.5 Å². The van der Waals surface area contributed by atoms with Gasteiger partial charge in [0.05, 0.1) is 4.92 Å². The number of nitrogens with zero attached hydrogens (tertiary/aromatic N) is 1. The molecule has 4 heteroatoms. The summed E-state index contributed by atoms with van der Waals surface area (Å²) >= 11 is 0. The Kier molecular flexibility index (Phi) is 2.14. The molecule has 4 nitrogen and oxygen atoms in total. The van der Waals surface area contributed by atoms with E-state index in [1.54, 1.807) is 12.1 Å². The fourth-order valence-corrected chi connectivity index (χ4v) is 1.54. The maximum atomic E-state index is 10.8. The number of hydrogen-bond donors (Lipinski definition) is 0. The standard InChI is InChI=1S/C11H11NO3/c1-11(2)7-6-8-4-3-5-9(12(13)14)10(8)15-11/h3-5H,7H2,1-2H3. The number of benzene rings is 1. The fraction of sp³-hybridized carbons (Fsp3) is 0.364. The first-order valence-electron chi connectivity index (χ1n) is 4.70. The summed E-state index contributed by atoms with van der Waals surface area (Å²) < 4.78 is 5.61. The highest BCUT2D eigenvalue weighted by atomic mass is 16.6. The molecule has 2 radical (unpaired) electrons. The quantitative estimate of drug-likeness (QED) is 0.523. The summed E-state index contributed by atoms with van der Waals surface area (Å²) in [7, 11) is 0. The Labute approximate surface area is 88.0 Å². The predicted octanol–water partition coefficient (Wildman–Crippen LogP) is 2.59. The first-order chi connectivity index (χ1) is 6.99. The SMILES string of the molecule is CC1(C)C[C]c2cccc([N+](=O)[O-])c2O1. The second-order valence-electron chi connectivity index (χ2n) is 4.13. The zero-order chi connectivity index (χ0) is 11.1. The van der Waals surface area contributed by atoms with Gasteiger partial charge in [-0.2, -0.15) is 0 Å². The summed E-state index contributed by atoms with van der Waals surface area (Å²) in [5, 5.41) is 10.8. The van der Waals surface area contributed by atoms with Gasteiger partial charge in [0.25, 0.3) is 0 Å². The summed E-state index contributed by atoms with van der Waals surface area (Å²) in [4.78, 5) is 10.4. The van der Waals surface area contributed by atoms with Crippen LogP contribution in [0.25, 0.3) is 0 Å². The molecular weight excluding hydrogens is 194 g/mol. The number of rotatable bonds is 1. The third-order valence-corrected chi connectivity index (χ3v) is 2.27. The van der Waals surface area contributed by atoms with Gasteiger partial charge in [-0.05, 0) is 20.3 Å². The number of nitro groups is 1. The molecule has 2 rings (SSSR count). The molecule has 1 heterocycles. The van der Waals surface area contributed by atoms with Crippen molar-refractivity contribution in [2.75, 3.05) is 0 Å². The zero-order valence-corrected chi connectivity index (χ0v) is 8.61. The molecule has 0 N–H and O–H groups in total. The lowest BCUT2D eigenvalue weighted by molar-refractivity contribution is -0.386. The van der Waals surface area contributed by atoms with E-state index in [-0.39, 0.29) is 5.69 Å². The fourth-order valence-electron chi connectivity index (χ4n) is 1.54. The van der Waals surface area contributed by atoms with Crippen LogP contribution in [-0.2, 0) is 0 Å². The molecule has 0 atom stereocenters. The number of para-hydroxylation sites is 1. The number of hydrogen-bond acceptors (Lipinski definition) is 3. The Morgan fingerprint density at radius 3 is 2.93 bits per heavy atom. The van der Waals surface area contributed by atoms with Gasteiger partial charge in [0.2, 0.25) is 5.75 Å². The van der Waals surface area contributed by atoms with E-state index in [1.807, 2.05) is 13.8 Å². The van der Waals surface area contributed by atoms with Crippen LogP contribution in [0.5, 0.6) is 5.75 Å². The van der Waals surface area contributed by atoms with Gasteiger partial charge in [-0.3, -0.25) is 10.1 Å². The second kappa shape index (κ2) is 3.22. The van der Waals surface area contributed by atoms with Crippen LogP contribution < -0.4 is 4.74 Å². The highest BCUT2D eigenvalue weighted by molar-refractivity contribution is 5.55. The molecule has 0 amide bonds. The van der Waals surface area contributed by atoms with Crippen LogP contribution >= 0.6 is 0 Å². The molecule has 1 aliphatic rings. The Bertz CT molecular complexity index is 412. The molecular formula is C11H11NO3. The predicted molar refractivity (Wildman–Crippen MR) is 54.8 cm³/mol. The van der Waals surface area contributed by atoms with Crippen LogP contribution in [-0.4, -0.2) is 10.5 Å².